The molecule has 1 saturated heterocycles. The third kappa shape index (κ3) is 4.49. The molecule has 1 aromatic carbocycles. The van der Waals surface area contributed by atoms with E-state index >= 15 is 0 Å². The molecule has 0 unspecified atom stereocenters. The summed E-state index contributed by atoms with van der Waals surface area (Å²) in [4.78, 5) is 36.0. The molecule has 1 aliphatic heterocycles. The fourth-order valence-corrected chi connectivity index (χ4v) is 2.91. The Morgan fingerprint density at radius 1 is 1.33 bits per heavy atom. The van der Waals surface area contributed by atoms with Crippen molar-refractivity contribution in [2.75, 3.05) is 18.2 Å². The number of hydrogen-bond acceptors (Lipinski definition) is 4. The maximum absolute atomic E-state index is 11.9. The van der Waals surface area contributed by atoms with Gasteiger partial charge in [-0.2, -0.15) is 0 Å². The maximum Gasteiger partial charge on any atom is 0.326 e. The normalized spacial score (nSPS) is 15.8. The zero-order valence-electron chi connectivity index (χ0n) is 11.3. The van der Waals surface area contributed by atoms with Gasteiger partial charge < -0.3 is 15.3 Å². The first-order chi connectivity index (χ1) is 10.1. The summed E-state index contributed by atoms with van der Waals surface area (Å²) in [6, 6.07) is 8.09. The summed E-state index contributed by atoms with van der Waals surface area (Å²) < 4.78 is 0. The molecule has 1 fully saturated rings. The van der Waals surface area contributed by atoms with Crippen molar-refractivity contribution in [2.45, 2.75) is 12.5 Å². The number of carboxylic acids is 1. The van der Waals surface area contributed by atoms with E-state index in [4.69, 9.17) is 0 Å². The zero-order chi connectivity index (χ0) is 15.2. The van der Waals surface area contributed by atoms with Crippen LogP contribution in [0.3, 0.4) is 0 Å². The second-order valence-electron chi connectivity index (χ2n) is 4.72. The van der Waals surface area contributed by atoms with Crippen molar-refractivity contribution < 1.29 is 19.5 Å². The highest BCUT2D eigenvalue weighted by Crippen LogP contribution is 2.14. The van der Waals surface area contributed by atoms with Crippen LogP contribution in [0.1, 0.15) is 5.56 Å². The Balaban J connectivity index is 1.91. The molecule has 0 aliphatic carbocycles. The summed E-state index contributed by atoms with van der Waals surface area (Å²) in [5, 5.41) is 11.7. The van der Waals surface area contributed by atoms with Crippen molar-refractivity contribution in [1.29, 1.82) is 0 Å². The van der Waals surface area contributed by atoms with Crippen LogP contribution in [-0.2, 0) is 20.8 Å². The smallest absolute Gasteiger partial charge is 0.326 e. The monoisotopic (exact) mass is 308 g/mol. The summed E-state index contributed by atoms with van der Waals surface area (Å²) >= 11 is 1.44. The number of carboxylic acid groups (broad SMARTS) is 1. The Labute approximate surface area is 126 Å². The van der Waals surface area contributed by atoms with E-state index in [1.54, 1.807) is 0 Å². The summed E-state index contributed by atoms with van der Waals surface area (Å²) in [6.45, 7) is -0.0929. The quantitative estimate of drug-likeness (QED) is 0.791. The van der Waals surface area contributed by atoms with E-state index in [1.165, 1.54) is 16.7 Å². The molecule has 112 valence electrons. The van der Waals surface area contributed by atoms with Crippen molar-refractivity contribution in [3.8, 4) is 0 Å². The molecule has 2 rings (SSSR count). The van der Waals surface area contributed by atoms with Crippen LogP contribution < -0.4 is 5.32 Å². The van der Waals surface area contributed by atoms with Gasteiger partial charge in [-0.1, -0.05) is 30.3 Å². The summed E-state index contributed by atoms with van der Waals surface area (Å²) in [5.41, 5.74) is 0.831. The zero-order valence-corrected chi connectivity index (χ0v) is 12.1. The first kappa shape index (κ1) is 15.4. The van der Waals surface area contributed by atoms with Crippen LogP contribution in [0.5, 0.6) is 0 Å². The third-order valence-electron chi connectivity index (χ3n) is 3.08. The van der Waals surface area contributed by atoms with Crippen LogP contribution in [0.15, 0.2) is 30.3 Å². The number of benzene rings is 1. The minimum Gasteiger partial charge on any atom is -0.480 e. The predicted octanol–water partition coefficient (Wildman–Crippen LogP) is 0.331. The molecule has 0 aromatic heterocycles. The third-order valence-corrected chi connectivity index (χ3v) is 4.02. The number of carbonyl (C=O) groups excluding carboxylic acids is 2. The van der Waals surface area contributed by atoms with Gasteiger partial charge in [0, 0.05) is 6.42 Å². The molecule has 0 bridgehead atoms. The van der Waals surface area contributed by atoms with Gasteiger partial charge in [-0.25, -0.2) is 4.79 Å². The molecule has 7 heteroatoms. The highest BCUT2D eigenvalue weighted by Gasteiger charge is 2.25. The number of nitrogens with zero attached hydrogens (tertiary/aromatic N) is 1. The van der Waals surface area contributed by atoms with Crippen LogP contribution in [-0.4, -0.2) is 52.0 Å². The van der Waals surface area contributed by atoms with Gasteiger partial charge in [0.2, 0.25) is 11.8 Å². The molecule has 0 saturated carbocycles. The van der Waals surface area contributed by atoms with E-state index in [-0.39, 0.29) is 18.9 Å². The second kappa shape index (κ2) is 7.12. The van der Waals surface area contributed by atoms with Gasteiger partial charge in [0.15, 0.2) is 0 Å². The molecule has 2 amide bonds. The number of carbonyl (C=O) groups is 3. The fourth-order valence-electron chi connectivity index (χ4n) is 2.00. The van der Waals surface area contributed by atoms with Crippen molar-refractivity contribution in [3.05, 3.63) is 35.9 Å². The van der Waals surface area contributed by atoms with Gasteiger partial charge in [-0.05, 0) is 5.56 Å². The Morgan fingerprint density at radius 3 is 2.62 bits per heavy atom. The largest absolute Gasteiger partial charge is 0.480 e. The lowest BCUT2D eigenvalue weighted by atomic mass is 10.1. The maximum atomic E-state index is 11.9. The highest BCUT2D eigenvalue weighted by atomic mass is 32.2. The van der Waals surface area contributed by atoms with Crippen molar-refractivity contribution in [2.24, 2.45) is 0 Å². The van der Waals surface area contributed by atoms with Gasteiger partial charge in [0.1, 0.15) is 12.6 Å². The molecule has 1 atom stereocenters. The van der Waals surface area contributed by atoms with Gasteiger partial charge in [-0.15, -0.1) is 11.8 Å². The van der Waals surface area contributed by atoms with E-state index in [1.807, 2.05) is 30.3 Å². The first-order valence-corrected chi connectivity index (χ1v) is 7.63. The molecule has 1 heterocycles. The van der Waals surface area contributed by atoms with Gasteiger partial charge in [0.05, 0.1) is 11.6 Å². The number of rotatable bonds is 6. The van der Waals surface area contributed by atoms with Crippen LogP contribution in [0.2, 0.25) is 0 Å². The van der Waals surface area contributed by atoms with Crippen LogP contribution in [0, 0.1) is 0 Å². The van der Waals surface area contributed by atoms with Gasteiger partial charge >= 0.3 is 5.97 Å². The molecule has 1 aromatic rings. The molecular weight excluding hydrogens is 292 g/mol. The molecule has 1 aliphatic rings. The lowest BCUT2D eigenvalue weighted by molar-refractivity contribution is -0.142. The van der Waals surface area contributed by atoms with Gasteiger partial charge in [-0.3, -0.25) is 9.59 Å². The lowest BCUT2D eigenvalue weighted by Crippen LogP contribution is -2.47. The Bertz CT molecular complexity index is 535. The van der Waals surface area contributed by atoms with E-state index in [9.17, 15) is 19.5 Å². The molecule has 0 spiro atoms. The summed E-state index contributed by atoms with van der Waals surface area (Å²) in [6.07, 6.45) is 0.213. The van der Waals surface area contributed by atoms with E-state index in [2.05, 4.69) is 5.32 Å². The minimum atomic E-state index is -1.09. The SMILES string of the molecule is O=C(CN1CSCC1=O)N[C@H](Cc1ccccc1)C(=O)O. The number of hydrogen-bond donors (Lipinski definition) is 2. The van der Waals surface area contributed by atoms with Crippen LogP contribution >= 0.6 is 11.8 Å². The standard InChI is InChI=1S/C14H16N2O4S/c17-12(7-16-9-21-8-13(16)18)15-11(14(19)20)6-10-4-2-1-3-5-10/h1-5,11H,6-9H2,(H,15,17)(H,19,20)/t11-/m1/s1. The van der Waals surface area contributed by atoms with Crippen LogP contribution in [0.4, 0.5) is 0 Å². The predicted molar refractivity (Wildman–Crippen MR) is 78.8 cm³/mol. The van der Waals surface area contributed by atoms with Gasteiger partial charge in [0.25, 0.3) is 0 Å². The summed E-state index contributed by atoms with van der Waals surface area (Å²) in [5.74, 6) is -0.781. The van der Waals surface area contributed by atoms with Crippen molar-refractivity contribution in [1.82, 2.24) is 10.2 Å². The highest BCUT2D eigenvalue weighted by molar-refractivity contribution is 8.00. The Kier molecular flexibility index (Phi) is 5.21. The first-order valence-electron chi connectivity index (χ1n) is 6.48. The number of amides is 2. The average Bonchev–Trinajstić information content (AvgIpc) is 2.84. The average molecular weight is 308 g/mol. The van der Waals surface area contributed by atoms with Crippen molar-refractivity contribution >= 4 is 29.5 Å². The lowest BCUT2D eigenvalue weighted by Gasteiger charge is -2.18. The Hall–Kier alpha value is -2.02. The molecule has 21 heavy (non-hydrogen) atoms. The Morgan fingerprint density at radius 2 is 2.05 bits per heavy atom. The second-order valence-corrected chi connectivity index (χ2v) is 5.67. The number of thioether (sulfide) groups is 1. The topological polar surface area (TPSA) is 86.7 Å². The van der Waals surface area contributed by atoms with Crippen LogP contribution in [0.25, 0.3) is 0 Å². The van der Waals surface area contributed by atoms with E-state index in [0.717, 1.165) is 5.56 Å². The van der Waals surface area contributed by atoms with E-state index < -0.39 is 17.9 Å². The molecular formula is C14H16N2O4S. The summed E-state index contributed by atoms with van der Waals surface area (Å²) in [7, 11) is 0. The van der Waals surface area contributed by atoms with E-state index in [0.29, 0.717) is 11.6 Å². The fraction of sp³-hybridized carbons (Fsp3) is 0.357. The number of aliphatic carboxylic acids is 1. The molecule has 6 nitrogen and oxygen atoms in total. The van der Waals surface area contributed by atoms with Crippen molar-refractivity contribution in [3.63, 3.8) is 0 Å². The minimum absolute atomic E-state index is 0.0925. The molecule has 0 radical (unpaired) electrons. The molecule has 2 N–H and O–H groups in total. The number of nitrogens with one attached hydrogen (secondary N) is 1.